The Bertz CT molecular complexity index is 1130. The quantitative estimate of drug-likeness (QED) is 0.492. The zero-order valence-corrected chi connectivity index (χ0v) is 16.2. The van der Waals surface area contributed by atoms with Crippen molar-refractivity contribution in [3.63, 3.8) is 0 Å². The molecule has 0 radical (unpaired) electrons. The number of benzene rings is 1. The van der Waals surface area contributed by atoms with Gasteiger partial charge >= 0.3 is 0 Å². The fourth-order valence-electron chi connectivity index (χ4n) is 3.61. The number of nitrogen functional groups attached to an aromatic ring is 1. The third-order valence-corrected chi connectivity index (χ3v) is 5.47. The number of aliphatic imine (C=N–C) groups is 1. The van der Waals surface area contributed by atoms with E-state index in [9.17, 15) is 4.79 Å². The molecule has 9 nitrogen and oxygen atoms in total. The first-order valence-electron chi connectivity index (χ1n) is 9.49. The molecule has 1 aliphatic carbocycles. The number of amides is 1. The van der Waals surface area contributed by atoms with Gasteiger partial charge in [-0.2, -0.15) is 15.4 Å². The standard InChI is InChI=1S/C21H20N8O/c22-8-9-29-13-16(12-27-29)18(30)28-19(23)21(6-1-7-21)17-4-2-14(3-5-17)15-10-25-20(24)26-11-15/h2-5,10-13H,1,6-7,9H2,(H2,23,28,30)(H2,24,25,26). The predicted molar refractivity (Wildman–Crippen MR) is 111 cm³/mol. The molecule has 30 heavy (non-hydrogen) atoms. The summed E-state index contributed by atoms with van der Waals surface area (Å²) in [6.07, 6.45) is 8.92. The molecule has 3 aromatic rings. The van der Waals surface area contributed by atoms with Gasteiger partial charge in [-0.3, -0.25) is 9.48 Å². The summed E-state index contributed by atoms with van der Waals surface area (Å²) in [7, 11) is 0. The number of rotatable bonds is 5. The zero-order valence-electron chi connectivity index (χ0n) is 16.2. The molecule has 0 saturated heterocycles. The maximum absolute atomic E-state index is 12.5. The topological polar surface area (TPSA) is 149 Å². The molecule has 4 rings (SSSR count). The first kappa shape index (κ1) is 19.3. The minimum Gasteiger partial charge on any atom is -0.386 e. The summed E-state index contributed by atoms with van der Waals surface area (Å²) in [6, 6.07) is 9.93. The summed E-state index contributed by atoms with van der Waals surface area (Å²) >= 11 is 0. The van der Waals surface area contributed by atoms with Crippen LogP contribution in [0.4, 0.5) is 5.95 Å². The Balaban J connectivity index is 1.58. The molecule has 0 aliphatic heterocycles. The van der Waals surface area contributed by atoms with Crippen LogP contribution in [-0.2, 0) is 12.0 Å². The number of carbonyl (C=O) groups excluding carboxylic acids is 1. The lowest BCUT2D eigenvalue weighted by molar-refractivity contribution is 0.100. The average Bonchev–Trinajstić information content (AvgIpc) is 3.17. The van der Waals surface area contributed by atoms with E-state index in [0.717, 1.165) is 36.0 Å². The van der Waals surface area contributed by atoms with Gasteiger partial charge in [0.15, 0.2) is 0 Å². The molecular weight excluding hydrogens is 380 g/mol. The molecule has 1 amide bonds. The van der Waals surface area contributed by atoms with Crippen molar-refractivity contribution in [2.24, 2.45) is 10.7 Å². The van der Waals surface area contributed by atoms with E-state index in [4.69, 9.17) is 16.7 Å². The summed E-state index contributed by atoms with van der Waals surface area (Å²) in [5.74, 6) is 0.0737. The van der Waals surface area contributed by atoms with Crippen LogP contribution >= 0.6 is 0 Å². The minimum absolute atomic E-state index is 0.0712. The van der Waals surface area contributed by atoms with Gasteiger partial charge in [-0.05, 0) is 24.0 Å². The van der Waals surface area contributed by atoms with Crippen LogP contribution in [0.3, 0.4) is 0 Å². The fraction of sp³-hybridized carbons (Fsp3) is 0.238. The molecule has 2 heterocycles. The molecule has 2 aromatic heterocycles. The van der Waals surface area contributed by atoms with Crippen molar-refractivity contribution in [2.75, 3.05) is 5.73 Å². The molecule has 9 heteroatoms. The molecule has 1 saturated carbocycles. The van der Waals surface area contributed by atoms with E-state index in [-0.39, 0.29) is 12.5 Å². The number of carbonyl (C=O) groups is 1. The van der Waals surface area contributed by atoms with Gasteiger partial charge in [0.1, 0.15) is 12.4 Å². The second kappa shape index (κ2) is 7.75. The van der Waals surface area contributed by atoms with Crippen molar-refractivity contribution in [3.05, 3.63) is 60.2 Å². The number of hydrogen-bond donors (Lipinski definition) is 2. The lowest BCUT2D eigenvalue weighted by Crippen LogP contribution is -2.47. The summed E-state index contributed by atoms with van der Waals surface area (Å²) in [5.41, 5.74) is 14.6. The highest BCUT2D eigenvalue weighted by Crippen LogP contribution is 2.44. The molecule has 4 N–H and O–H groups in total. The Kier molecular flexibility index (Phi) is 4.98. The molecule has 0 spiro atoms. The monoisotopic (exact) mass is 400 g/mol. The van der Waals surface area contributed by atoms with Crippen LogP contribution in [0, 0.1) is 11.3 Å². The van der Waals surface area contributed by atoms with Crippen molar-refractivity contribution in [2.45, 2.75) is 31.2 Å². The lowest BCUT2D eigenvalue weighted by Gasteiger charge is -2.41. The van der Waals surface area contributed by atoms with Crippen LogP contribution in [0.5, 0.6) is 0 Å². The van der Waals surface area contributed by atoms with E-state index in [1.807, 2.05) is 30.3 Å². The summed E-state index contributed by atoms with van der Waals surface area (Å²) in [4.78, 5) is 24.7. The highest BCUT2D eigenvalue weighted by Gasteiger charge is 2.42. The highest BCUT2D eigenvalue weighted by atomic mass is 16.1. The first-order chi connectivity index (χ1) is 14.5. The number of aromatic nitrogens is 4. The van der Waals surface area contributed by atoms with E-state index in [0.29, 0.717) is 11.4 Å². The summed E-state index contributed by atoms with van der Waals surface area (Å²) in [6.45, 7) is 0.0712. The number of nitrogens with zero attached hydrogens (tertiary/aromatic N) is 6. The largest absolute Gasteiger partial charge is 0.386 e. The van der Waals surface area contributed by atoms with Crippen molar-refractivity contribution >= 4 is 17.7 Å². The van der Waals surface area contributed by atoms with E-state index in [1.54, 1.807) is 12.4 Å². The van der Waals surface area contributed by atoms with Crippen molar-refractivity contribution in [1.29, 1.82) is 5.26 Å². The van der Waals surface area contributed by atoms with Gasteiger partial charge in [0.2, 0.25) is 5.95 Å². The maximum atomic E-state index is 12.5. The van der Waals surface area contributed by atoms with Gasteiger partial charge in [-0.15, -0.1) is 0 Å². The Morgan fingerprint density at radius 3 is 2.47 bits per heavy atom. The van der Waals surface area contributed by atoms with Crippen LogP contribution in [0.25, 0.3) is 11.1 Å². The van der Waals surface area contributed by atoms with Crippen molar-refractivity contribution in [3.8, 4) is 17.2 Å². The SMILES string of the molecule is N#CCn1cc(C(=O)N=C(N)C2(c3ccc(-c4cnc(N)nc4)cc3)CCC2)cn1. The van der Waals surface area contributed by atoms with E-state index >= 15 is 0 Å². The van der Waals surface area contributed by atoms with Gasteiger partial charge in [-0.1, -0.05) is 30.7 Å². The van der Waals surface area contributed by atoms with E-state index < -0.39 is 11.3 Å². The molecule has 1 fully saturated rings. The van der Waals surface area contributed by atoms with Crippen LogP contribution in [0.2, 0.25) is 0 Å². The van der Waals surface area contributed by atoms with Gasteiger partial charge in [-0.25, -0.2) is 9.97 Å². The van der Waals surface area contributed by atoms with Crippen LogP contribution in [-0.4, -0.2) is 31.5 Å². The van der Waals surface area contributed by atoms with Gasteiger partial charge in [0.25, 0.3) is 5.91 Å². The highest BCUT2D eigenvalue weighted by molar-refractivity contribution is 6.06. The van der Waals surface area contributed by atoms with Crippen molar-refractivity contribution < 1.29 is 4.79 Å². The number of amidine groups is 1. The predicted octanol–water partition coefficient (Wildman–Crippen LogP) is 2.07. The smallest absolute Gasteiger partial charge is 0.281 e. The Hall–Kier alpha value is -4.06. The minimum atomic E-state index is -0.460. The fourth-order valence-corrected chi connectivity index (χ4v) is 3.61. The van der Waals surface area contributed by atoms with E-state index in [2.05, 4.69) is 20.1 Å². The van der Waals surface area contributed by atoms with Crippen LogP contribution < -0.4 is 11.5 Å². The molecule has 1 aromatic carbocycles. The van der Waals surface area contributed by atoms with Crippen molar-refractivity contribution in [1.82, 2.24) is 19.7 Å². The maximum Gasteiger partial charge on any atom is 0.281 e. The molecular formula is C21H20N8O. The van der Waals surface area contributed by atoms with Gasteiger partial charge < -0.3 is 11.5 Å². The number of anilines is 1. The van der Waals surface area contributed by atoms with E-state index in [1.165, 1.54) is 17.1 Å². The number of nitriles is 1. The van der Waals surface area contributed by atoms with Crippen LogP contribution in [0.1, 0.15) is 35.2 Å². The number of nitrogens with two attached hydrogens (primary N) is 2. The molecule has 0 unspecified atom stereocenters. The molecule has 0 atom stereocenters. The Morgan fingerprint density at radius 1 is 1.17 bits per heavy atom. The molecule has 0 bridgehead atoms. The Morgan fingerprint density at radius 2 is 1.87 bits per heavy atom. The van der Waals surface area contributed by atoms with Gasteiger partial charge in [0.05, 0.1) is 23.2 Å². The summed E-state index contributed by atoms with van der Waals surface area (Å²) < 4.78 is 1.39. The molecule has 1 aliphatic rings. The third-order valence-electron chi connectivity index (χ3n) is 5.47. The van der Waals surface area contributed by atoms with Gasteiger partial charge in [0, 0.05) is 24.2 Å². The molecule has 150 valence electrons. The first-order valence-corrected chi connectivity index (χ1v) is 9.49. The zero-order chi connectivity index (χ0) is 21.1. The summed E-state index contributed by atoms with van der Waals surface area (Å²) in [5, 5.41) is 12.7. The second-order valence-corrected chi connectivity index (χ2v) is 7.23. The van der Waals surface area contributed by atoms with Crippen LogP contribution in [0.15, 0.2) is 54.0 Å². The lowest BCUT2D eigenvalue weighted by atomic mass is 9.63. The third kappa shape index (κ3) is 3.51. The number of hydrogen-bond acceptors (Lipinski definition) is 6. The average molecular weight is 400 g/mol. The Labute approximate surface area is 173 Å². The second-order valence-electron chi connectivity index (χ2n) is 7.23. The normalized spacial score (nSPS) is 15.2.